The quantitative estimate of drug-likeness (QED) is 0.526. The Balaban J connectivity index is 1.45. The Morgan fingerprint density at radius 2 is 1.91 bits per heavy atom. The van der Waals surface area contributed by atoms with Gasteiger partial charge in [-0.05, 0) is 56.0 Å². The number of nitrogens with zero attached hydrogens (tertiary/aromatic N) is 1. The Morgan fingerprint density at radius 1 is 1.14 bits per heavy atom. The number of rotatable bonds is 8. The Bertz CT molecular complexity index is 1080. The van der Waals surface area contributed by atoms with E-state index in [1.807, 2.05) is 50.3 Å². The third-order valence-electron chi connectivity index (χ3n) is 6.52. The molecule has 2 aliphatic rings. The zero-order valence-corrected chi connectivity index (χ0v) is 21.5. The smallest absolute Gasteiger partial charge is 0.261 e. The lowest BCUT2D eigenvalue weighted by molar-refractivity contribution is -0.135. The summed E-state index contributed by atoms with van der Waals surface area (Å²) in [5.41, 5.74) is 3.11. The molecule has 6 nitrogen and oxygen atoms in total. The summed E-state index contributed by atoms with van der Waals surface area (Å²) in [5, 5.41) is 3.31. The van der Waals surface area contributed by atoms with Gasteiger partial charge in [0.2, 0.25) is 5.91 Å². The maximum absolute atomic E-state index is 13.5. The molecule has 1 aliphatic heterocycles. The number of benzene rings is 2. The highest BCUT2D eigenvalue weighted by atomic mass is 32.2. The highest BCUT2D eigenvalue weighted by Gasteiger charge is 2.41. The molecule has 1 saturated heterocycles. The first-order valence-electron chi connectivity index (χ1n) is 12.3. The molecule has 0 spiro atoms. The van der Waals surface area contributed by atoms with Crippen LogP contribution in [0.25, 0.3) is 6.08 Å². The predicted octanol–water partition coefficient (Wildman–Crippen LogP) is 4.95. The summed E-state index contributed by atoms with van der Waals surface area (Å²) in [5.74, 6) is 1.12. The highest BCUT2D eigenvalue weighted by Crippen LogP contribution is 2.42. The van der Waals surface area contributed by atoms with Crippen molar-refractivity contribution in [3.8, 4) is 11.5 Å². The predicted molar refractivity (Wildman–Crippen MR) is 141 cm³/mol. The number of amides is 2. The number of ether oxygens (including phenoxy) is 2. The molecular weight excluding hydrogens is 460 g/mol. The topological polar surface area (TPSA) is 67.9 Å². The lowest BCUT2D eigenvalue weighted by Crippen LogP contribution is -2.54. The van der Waals surface area contributed by atoms with E-state index in [4.69, 9.17) is 9.47 Å². The lowest BCUT2D eigenvalue weighted by atomic mass is 9.93. The van der Waals surface area contributed by atoms with Gasteiger partial charge in [0.05, 0.1) is 18.6 Å². The normalized spacial score (nSPS) is 20.9. The summed E-state index contributed by atoms with van der Waals surface area (Å²) in [6.07, 6.45) is 6.24. The van der Waals surface area contributed by atoms with Crippen LogP contribution >= 0.6 is 11.8 Å². The summed E-state index contributed by atoms with van der Waals surface area (Å²) in [7, 11) is 1.60. The van der Waals surface area contributed by atoms with Gasteiger partial charge in [0.1, 0.15) is 6.54 Å². The van der Waals surface area contributed by atoms with Gasteiger partial charge < -0.3 is 19.7 Å². The van der Waals surface area contributed by atoms with Crippen molar-refractivity contribution in [2.75, 3.05) is 20.3 Å². The summed E-state index contributed by atoms with van der Waals surface area (Å²) >= 11 is 1.69. The number of hydrogen-bond acceptors (Lipinski definition) is 5. The van der Waals surface area contributed by atoms with E-state index in [9.17, 15) is 9.59 Å². The molecule has 2 atom stereocenters. The molecule has 2 aromatic rings. The van der Waals surface area contributed by atoms with Gasteiger partial charge in [-0.3, -0.25) is 9.59 Å². The monoisotopic (exact) mass is 494 g/mol. The molecule has 35 heavy (non-hydrogen) atoms. The van der Waals surface area contributed by atoms with Crippen LogP contribution in [0.5, 0.6) is 11.5 Å². The van der Waals surface area contributed by atoms with Crippen molar-refractivity contribution >= 4 is 29.7 Å². The van der Waals surface area contributed by atoms with Crippen molar-refractivity contribution in [2.45, 2.75) is 57.4 Å². The number of nitrogens with one attached hydrogen (secondary N) is 1. The van der Waals surface area contributed by atoms with Crippen LogP contribution in [0.15, 0.2) is 47.4 Å². The van der Waals surface area contributed by atoms with Crippen molar-refractivity contribution in [3.63, 3.8) is 0 Å². The molecule has 7 heteroatoms. The fraction of sp³-hybridized carbons (Fsp3) is 0.429. The Kier molecular flexibility index (Phi) is 8.39. The Morgan fingerprint density at radius 3 is 2.66 bits per heavy atom. The first kappa shape index (κ1) is 25.2. The average Bonchev–Trinajstić information content (AvgIpc) is 2.87. The average molecular weight is 495 g/mol. The molecule has 2 amide bonds. The molecule has 0 bridgehead atoms. The fourth-order valence-electron chi connectivity index (χ4n) is 4.68. The second-order valence-electron chi connectivity index (χ2n) is 9.06. The van der Waals surface area contributed by atoms with Gasteiger partial charge in [0.15, 0.2) is 11.5 Å². The van der Waals surface area contributed by atoms with Crippen LogP contribution in [0.2, 0.25) is 0 Å². The number of aryl methyl sites for hydroxylation is 1. The molecular formula is C28H34N2O4S. The number of methoxy groups -OCH3 is 1. The van der Waals surface area contributed by atoms with Crippen LogP contribution in [-0.2, 0) is 16.1 Å². The molecule has 4 rings (SSSR count). The van der Waals surface area contributed by atoms with Crippen molar-refractivity contribution < 1.29 is 19.1 Å². The van der Waals surface area contributed by atoms with Gasteiger partial charge in [-0.15, -0.1) is 11.8 Å². The number of carbonyl (C=O) groups is 2. The molecule has 2 unspecified atom stereocenters. The Labute approximate surface area is 212 Å². The summed E-state index contributed by atoms with van der Waals surface area (Å²) in [4.78, 5) is 28.9. The van der Waals surface area contributed by atoms with E-state index >= 15 is 0 Å². The molecule has 0 radical (unpaired) electrons. The number of hydrogen-bond donors (Lipinski definition) is 1. The van der Waals surface area contributed by atoms with E-state index in [-0.39, 0.29) is 24.4 Å². The molecule has 2 fully saturated rings. The second-order valence-corrected chi connectivity index (χ2v) is 10.3. The van der Waals surface area contributed by atoms with Crippen LogP contribution in [0.1, 0.15) is 49.3 Å². The van der Waals surface area contributed by atoms with E-state index in [1.54, 1.807) is 23.8 Å². The van der Waals surface area contributed by atoms with Crippen molar-refractivity contribution in [1.82, 2.24) is 10.2 Å². The van der Waals surface area contributed by atoms with Crippen molar-refractivity contribution in [2.24, 2.45) is 0 Å². The van der Waals surface area contributed by atoms with Gasteiger partial charge in [-0.1, -0.05) is 48.7 Å². The number of thioether (sulfide) groups is 1. The zero-order chi connectivity index (χ0) is 24.8. The van der Waals surface area contributed by atoms with Gasteiger partial charge in [-0.2, -0.15) is 0 Å². The van der Waals surface area contributed by atoms with E-state index in [1.165, 1.54) is 12.0 Å². The minimum atomic E-state index is -0.155. The van der Waals surface area contributed by atoms with Gasteiger partial charge >= 0.3 is 0 Å². The van der Waals surface area contributed by atoms with Crippen molar-refractivity contribution in [1.29, 1.82) is 0 Å². The largest absolute Gasteiger partial charge is 0.493 e. The number of carbonyl (C=O) groups excluding carboxylic acids is 2. The summed E-state index contributed by atoms with van der Waals surface area (Å²) in [6, 6.07) is 13.9. The van der Waals surface area contributed by atoms with Crippen LogP contribution in [0.3, 0.4) is 0 Å². The van der Waals surface area contributed by atoms with Crippen LogP contribution in [0.4, 0.5) is 0 Å². The van der Waals surface area contributed by atoms with Crippen molar-refractivity contribution in [3.05, 3.63) is 64.1 Å². The first-order valence-corrected chi connectivity index (χ1v) is 13.2. The maximum atomic E-state index is 13.5. The van der Waals surface area contributed by atoms with Gasteiger partial charge in [0, 0.05) is 17.8 Å². The highest BCUT2D eigenvalue weighted by molar-refractivity contribution is 8.04. The van der Waals surface area contributed by atoms with E-state index in [0.717, 1.165) is 35.3 Å². The SMILES string of the molecule is CCOc1ccc(CNC(=O)CN2C(=O)/C(=C/c3ccc(C)cc3)SC3CCCCC32)cc1OC. The molecule has 2 aromatic carbocycles. The first-order chi connectivity index (χ1) is 17.0. The fourth-order valence-corrected chi connectivity index (χ4v) is 6.16. The van der Waals surface area contributed by atoms with Crippen LogP contribution in [0, 0.1) is 6.92 Å². The minimum absolute atomic E-state index is 0.0448. The standard InChI is InChI=1S/C28H34N2O4S/c1-4-34-23-14-13-21(15-24(23)33-3)17-29-27(31)18-30-22-7-5-6-8-25(22)35-26(28(30)32)16-20-11-9-19(2)10-12-20/h9-16,22,25H,4-8,17-18H2,1-3H3,(H,29,31)/b26-16-. The number of fused-ring (bicyclic) bond motifs is 1. The van der Waals surface area contributed by atoms with Gasteiger partial charge in [0.25, 0.3) is 5.91 Å². The van der Waals surface area contributed by atoms with E-state index in [2.05, 4.69) is 17.4 Å². The van der Waals surface area contributed by atoms with E-state index < -0.39 is 0 Å². The summed E-state index contributed by atoms with van der Waals surface area (Å²) < 4.78 is 11.0. The maximum Gasteiger partial charge on any atom is 0.261 e. The lowest BCUT2D eigenvalue weighted by Gasteiger charge is -2.43. The molecule has 1 saturated carbocycles. The molecule has 1 N–H and O–H groups in total. The Hall–Kier alpha value is -2.93. The molecule has 1 aliphatic carbocycles. The minimum Gasteiger partial charge on any atom is -0.493 e. The molecule has 0 aromatic heterocycles. The molecule has 1 heterocycles. The molecule has 186 valence electrons. The zero-order valence-electron chi connectivity index (χ0n) is 20.7. The summed E-state index contributed by atoms with van der Waals surface area (Å²) in [6.45, 7) is 4.95. The van der Waals surface area contributed by atoms with Crippen LogP contribution < -0.4 is 14.8 Å². The van der Waals surface area contributed by atoms with Crippen LogP contribution in [-0.4, -0.2) is 48.3 Å². The second kappa shape index (κ2) is 11.7. The third-order valence-corrected chi connectivity index (χ3v) is 7.92. The third kappa shape index (κ3) is 6.20. The van der Waals surface area contributed by atoms with E-state index in [0.29, 0.717) is 29.9 Å². The van der Waals surface area contributed by atoms with Gasteiger partial charge in [-0.25, -0.2) is 0 Å².